The molecule has 0 fully saturated rings. The number of benzene rings is 1. The van der Waals surface area contributed by atoms with Gasteiger partial charge >= 0.3 is 0 Å². The molecule has 0 aliphatic carbocycles. The van der Waals surface area contributed by atoms with E-state index in [0.29, 0.717) is 17.7 Å². The Balaban J connectivity index is 2.17. The predicted octanol–water partition coefficient (Wildman–Crippen LogP) is 2.84. The first-order chi connectivity index (χ1) is 10.2. The highest BCUT2D eigenvalue weighted by molar-refractivity contribution is 5.46. The highest BCUT2D eigenvalue weighted by atomic mass is 19.1. The number of halogens is 1. The fourth-order valence-electron chi connectivity index (χ4n) is 1.75. The average Bonchev–Trinajstić information content (AvgIpc) is 2.48. The van der Waals surface area contributed by atoms with Gasteiger partial charge in [-0.3, -0.25) is 4.98 Å². The quantitative estimate of drug-likeness (QED) is 0.878. The van der Waals surface area contributed by atoms with E-state index in [2.05, 4.69) is 16.8 Å². The molecule has 21 heavy (non-hydrogen) atoms. The summed E-state index contributed by atoms with van der Waals surface area (Å²) >= 11 is 0. The molecule has 2 rings (SSSR count). The van der Waals surface area contributed by atoms with Crippen molar-refractivity contribution in [2.75, 3.05) is 6.61 Å². The minimum Gasteiger partial charge on any atom is -0.486 e. The number of ether oxygens (including phenoxy) is 1. The predicted molar refractivity (Wildman–Crippen MR) is 78.3 cm³/mol. The van der Waals surface area contributed by atoms with Crippen LogP contribution in [0.2, 0.25) is 0 Å². The van der Waals surface area contributed by atoms with E-state index in [1.807, 2.05) is 19.1 Å². The second kappa shape index (κ2) is 7.41. The summed E-state index contributed by atoms with van der Waals surface area (Å²) in [6.07, 6.45) is 2.06. The molecule has 1 aromatic heterocycles. The van der Waals surface area contributed by atoms with Crippen LogP contribution in [0.4, 0.5) is 4.39 Å². The van der Waals surface area contributed by atoms with Crippen molar-refractivity contribution in [3.63, 3.8) is 0 Å². The number of aryl methyl sites for hydroxylation is 1. The summed E-state index contributed by atoms with van der Waals surface area (Å²) in [5.74, 6) is 5.67. The summed E-state index contributed by atoms with van der Waals surface area (Å²) in [4.78, 5) is 4.23. The first-order valence-electron chi connectivity index (χ1n) is 6.63. The third-order valence-corrected chi connectivity index (χ3v) is 2.89. The van der Waals surface area contributed by atoms with Gasteiger partial charge in [-0.05, 0) is 30.7 Å². The van der Waals surface area contributed by atoms with Crippen molar-refractivity contribution < 1.29 is 14.2 Å². The monoisotopic (exact) mass is 285 g/mol. The van der Waals surface area contributed by atoms with Crippen LogP contribution < -0.4 is 4.74 Å². The zero-order chi connectivity index (χ0) is 15.1. The Morgan fingerprint density at radius 1 is 1.33 bits per heavy atom. The number of aliphatic hydroxyl groups is 1. The van der Waals surface area contributed by atoms with Gasteiger partial charge in [0.15, 0.2) is 0 Å². The highest BCUT2D eigenvalue weighted by Crippen LogP contribution is 2.20. The third kappa shape index (κ3) is 4.30. The number of nitrogens with zero attached hydrogens (tertiary/aromatic N) is 1. The Bertz CT molecular complexity index is 674. The van der Waals surface area contributed by atoms with E-state index in [9.17, 15) is 4.39 Å². The second-order valence-corrected chi connectivity index (χ2v) is 4.47. The maximum absolute atomic E-state index is 13.4. The summed E-state index contributed by atoms with van der Waals surface area (Å²) < 4.78 is 19.0. The first-order valence-corrected chi connectivity index (χ1v) is 6.63. The average molecular weight is 285 g/mol. The Morgan fingerprint density at radius 2 is 2.19 bits per heavy atom. The van der Waals surface area contributed by atoms with Crippen molar-refractivity contribution in [3.8, 4) is 17.6 Å². The molecule has 4 heteroatoms. The molecule has 3 nitrogen and oxygen atoms in total. The van der Waals surface area contributed by atoms with Crippen LogP contribution in [-0.2, 0) is 6.61 Å². The van der Waals surface area contributed by atoms with Gasteiger partial charge in [0.25, 0.3) is 0 Å². The second-order valence-electron chi connectivity index (χ2n) is 4.47. The van der Waals surface area contributed by atoms with E-state index >= 15 is 0 Å². The first kappa shape index (κ1) is 15.0. The summed E-state index contributed by atoms with van der Waals surface area (Å²) in [5.41, 5.74) is 2.41. The van der Waals surface area contributed by atoms with Crippen LogP contribution in [0.1, 0.15) is 23.2 Å². The molecule has 0 saturated carbocycles. The molecule has 1 N–H and O–H groups in total. The third-order valence-electron chi connectivity index (χ3n) is 2.89. The van der Waals surface area contributed by atoms with Crippen LogP contribution in [0.3, 0.4) is 0 Å². The lowest BCUT2D eigenvalue weighted by Gasteiger charge is -2.09. The molecule has 0 spiro atoms. The van der Waals surface area contributed by atoms with Crippen molar-refractivity contribution in [1.29, 1.82) is 0 Å². The van der Waals surface area contributed by atoms with Gasteiger partial charge in [-0.1, -0.05) is 17.9 Å². The molecule has 1 heterocycles. The topological polar surface area (TPSA) is 42.4 Å². The summed E-state index contributed by atoms with van der Waals surface area (Å²) in [6.45, 7) is 2.20. The van der Waals surface area contributed by atoms with Gasteiger partial charge < -0.3 is 9.84 Å². The minimum atomic E-state index is -0.379. The number of pyridine rings is 1. The largest absolute Gasteiger partial charge is 0.486 e. The van der Waals surface area contributed by atoms with Crippen molar-refractivity contribution >= 4 is 0 Å². The van der Waals surface area contributed by atoms with Crippen molar-refractivity contribution in [1.82, 2.24) is 4.98 Å². The van der Waals surface area contributed by atoms with Gasteiger partial charge in [0, 0.05) is 18.7 Å². The number of hydrogen-bond donors (Lipinski definition) is 1. The lowest BCUT2D eigenvalue weighted by Crippen LogP contribution is -2.02. The molecule has 0 aliphatic heterocycles. The van der Waals surface area contributed by atoms with Crippen molar-refractivity contribution in [2.24, 2.45) is 0 Å². The van der Waals surface area contributed by atoms with Crippen molar-refractivity contribution in [3.05, 3.63) is 59.2 Å². The molecule has 0 bridgehead atoms. The summed E-state index contributed by atoms with van der Waals surface area (Å²) in [5, 5.41) is 8.74. The molecular weight excluding hydrogens is 269 g/mol. The Hall–Kier alpha value is -2.38. The molecule has 0 radical (unpaired) electrons. The van der Waals surface area contributed by atoms with E-state index in [4.69, 9.17) is 9.84 Å². The zero-order valence-corrected chi connectivity index (χ0v) is 11.8. The number of aliphatic hydroxyl groups excluding tert-OH is 1. The van der Waals surface area contributed by atoms with Gasteiger partial charge in [-0.2, -0.15) is 0 Å². The minimum absolute atomic E-state index is 0.00247. The van der Waals surface area contributed by atoms with Crippen LogP contribution in [0, 0.1) is 24.6 Å². The molecule has 0 unspecified atom stereocenters. The van der Waals surface area contributed by atoms with Crippen LogP contribution in [0.15, 0.2) is 36.5 Å². The maximum atomic E-state index is 13.4. The maximum Gasteiger partial charge on any atom is 0.138 e. The van der Waals surface area contributed by atoms with Gasteiger partial charge in [-0.15, -0.1) is 0 Å². The lowest BCUT2D eigenvalue weighted by atomic mass is 10.2. The Morgan fingerprint density at radius 3 is 2.95 bits per heavy atom. The fraction of sp³-hybridized carbons (Fsp3) is 0.235. The molecule has 0 amide bonds. The number of hydrogen-bond acceptors (Lipinski definition) is 3. The normalized spacial score (nSPS) is 9.86. The van der Waals surface area contributed by atoms with Crippen LogP contribution in [-0.4, -0.2) is 16.7 Å². The Labute approximate surface area is 123 Å². The molecule has 108 valence electrons. The van der Waals surface area contributed by atoms with E-state index < -0.39 is 0 Å². The Kier molecular flexibility index (Phi) is 5.30. The van der Waals surface area contributed by atoms with E-state index in [1.54, 1.807) is 12.3 Å². The van der Waals surface area contributed by atoms with Gasteiger partial charge in [-0.25, -0.2) is 4.39 Å². The molecule has 0 aliphatic rings. The van der Waals surface area contributed by atoms with Crippen LogP contribution in [0.25, 0.3) is 0 Å². The van der Waals surface area contributed by atoms with E-state index in [0.717, 1.165) is 11.3 Å². The lowest BCUT2D eigenvalue weighted by molar-refractivity contribution is 0.298. The molecule has 2 aromatic rings. The van der Waals surface area contributed by atoms with Gasteiger partial charge in [0.1, 0.15) is 18.2 Å². The van der Waals surface area contributed by atoms with Crippen LogP contribution in [0.5, 0.6) is 5.75 Å². The van der Waals surface area contributed by atoms with Gasteiger partial charge in [0.2, 0.25) is 0 Å². The molecule has 0 atom stereocenters. The van der Waals surface area contributed by atoms with E-state index in [1.165, 1.54) is 12.1 Å². The molecule has 1 aromatic carbocycles. The smallest absolute Gasteiger partial charge is 0.138 e. The number of rotatable bonds is 4. The molecular formula is C17H16FNO2. The zero-order valence-electron chi connectivity index (χ0n) is 11.8. The summed E-state index contributed by atoms with van der Waals surface area (Å²) in [7, 11) is 0. The molecule has 0 saturated heterocycles. The highest BCUT2D eigenvalue weighted by Gasteiger charge is 2.06. The number of aromatic nitrogens is 1. The fourth-order valence-corrected chi connectivity index (χ4v) is 1.75. The summed E-state index contributed by atoms with van der Waals surface area (Å²) in [6, 6.07) is 8.01. The van der Waals surface area contributed by atoms with Crippen LogP contribution >= 0.6 is 0 Å². The SMILES string of the molecule is Cc1cccnc1COc1cc(F)ccc1C#CCCO. The van der Waals surface area contributed by atoms with Gasteiger partial charge in [0.05, 0.1) is 17.9 Å². The standard InChI is InChI=1S/C17H16FNO2/c1-13-5-4-9-19-16(13)12-21-17-11-15(18)8-7-14(17)6-2-3-10-20/h4-5,7-9,11,20H,3,10,12H2,1H3. The van der Waals surface area contributed by atoms with E-state index in [-0.39, 0.29) is 19.0 Å². The van der Waals surface area contributed by atoms with Crippen molar-refractivity contribution in [2.45, 2.75) is 20.0 Å².